The predicted molar refractivity (Wildman–Crippen MR) is 65.0 cm³/mol. The normalized spacial score (nSPS) is 23.0. The van der Waals surface area contributed by atoms with Crippen LogP contribution in [-0.4, -0.2) is 13.2 Å². The third-order valence-electron chi connectivity index (χ3n) is 2.79. The van der Waals surface area contributed by atoms with E-state index in [-0.39, 0.29) is 11.9 Å². The first kappa shape index (κ1) is 11.3. The van der Waals surface area contributed by atoms with Crippen molar-refractivity contribution < 1.29 is 9.13 Å². The minimum Gasteiger partial charge on any atom is -0.381 e. The number of halogens is 2. The molecule has 0 amide bonds. The van der Waals surface area contributed by atoms with Gasteiger partial charge in [0.2, 0.25) is 0 Å². The van der Waals surface area contributed by atoms with Crippen LogP contribution in [0.25, 0.3) is 0 Å². The zero-order valence-electron chi connectivity index (χ0n) is 8.25. The fourth-order valence-corrected chi connectivity index (χ4v) is 2.70. The van der Waals surface area contributed by atoms with Gasteiger partial charge in [-0.1, -0.05) is 6.07 Å². The Morgan fingerprint density at radius 3 is 2.93 bits per heavy atom. The molecule has 1 aromatic rings. The number of hydrogen-bond acceptors (Lipinski definition) is 2. The van der Waals surface area contributed by atoms with Gasteiger partial charge in [-0.2, -0.15) is 0 Å². The van der Waals surface area contributed by atoms with E-state index in [0.29, 0.717) is 12.5 Å². The summed E-state index contributed by atoms with van der Waals surface area (Å²) in [5.74, 6) is 0.155. The first-order valence-electron chi connectivity index (χ1n) is 4.97. The van der Waals surface area contributed by atoms with Crippen LogP contribution in [0.2, 0.25) is 0 Å². The molecule has 1 aliphatic rings. The van der Waals surface area contributed by atoms with Crippen LogP contribution in [0.5, 0.6) is 0 Å². The zero-order chi connectivity index (χ0) is 10.8. The van der Waals surface area contributed by atoms with E-state index in [2.05, 4.69) is 22.6 Å². The molecule has 1 saturated heterocycles. The van der Waals surface area contributed by atoms with Gasteiger partial charge in [0.25, 0.3) is 0 Å². The van der Waals surface area contributed by atoms with Crippen molar-refractivity contribution in [2.45, 2.75) is 12.5 Å². The van der Waals surface area contributed by atoms with Gasteiger partial charge in [-0.3, -0.25) is 0 Å². The second-order valence-corrected chi connectivity index (χ2v) is 4.98. The molecule has 82 valence electrons. The van der Waals surface area contributed by atoms with Crippen LogP contribution >= 0.6 is 22.6 Å². The summed E-state index contributed by atoms with van der Waals surface area (Å²) < 4.78 is 19.1. The van der Waals surface area contributed by atoms with Gasteiger partial charge in [0.15, 0.2) is 0 Å². The molecule has 0 spiro atoms. The summed E-state index contributed by atoms with van der Waals surface area (Å²) in [6.45, 7) is 1.50. The summed E-state index contributed by atoms with van der Waals surface area (Å²) in [4.78, 5) is 0. The lowest BCUT2D eigenvalue weighted by Gasteiger charge is -2.19. The highest BCUT2D eigenvalue weighted by atomic mass is 127. The molecule has 2 N–H and O–H groups in total. The number of ether oxygens (including phenoxy) is 1. The number of nitrogens with two attached hydrogens (primary N) is 1. The molecule has 0 radical (unpaired) electrons. The van der Waals surface area contributed by atoms with Crippen LogP contribution in [-0.2, 0) is 4.74 Å². The highest BCUT2D eigenvalue weighted by Gasteiger charge is 2.25. The summed E-state index contributed by atoms with van der Waals surface area (Å²) in [6, 6.07) is 4.72. The molecule has 2 rings (SSSR count). The Kier molecular flexibility index (Phi) is 3.58. The maximum Gasteiger partial charge on any atom is 0.124 e. The summed E-state index contributed by atoms with van der Waals surface area (Å²) >= 11 is 2.13. The highest BCUT2D eigenvalue weighted by molar-refractivity contribution is 14.1. The van der Waals surface area contributed by atoms with Gasteiger partial charge in [-0.15, -0.1) is 0 Å². The molecular formula is C11H13FINO. The zero-order valence-corrected chi connectivity index (χ0v) is 10.4. The van der Waals surface area contributed by atoms with Gasteiger partial charge in [0.1, 0.15) is 5.82 Å². The number of rotatable bonds is 2. The van der Waals surface area contributed by atoms with Crippen LogP contribution in [0.4, 0.5) is 4.39 Å². The van der Waals surface area contributed by atoms with Crippen molar-refractivity contribution in [3.05, 3.63) is 33.1 Å². The van der Waals surface area contributed by atoms with E-state index in [1.807, 2.05) is 0 Å². The van der Waals surface area contributed by atoms with Crippen molar-refractivity contribution in [3.63, 3.8) is 0 Å². The maximum atomic E-state index is 12.9. The molecule has 1 aromatic carbocycles. The van der Waals surface area contributed by atoms with Crippen LogP contribution in [0.15, 0.2) is 18.2 Å². The highest BCUT2D eigenvalue weighted by Crippen LogP contribution is 2.29. The van der Waals surface area contributed by atoms with E-state index in [1.165, 1.54) is 12.1 Å². The third-order valence-corrected chi connectivity index (χ3v) is 3.73. The van der Waals surface area contributed by atoms with Crippen LogP contribution in [0.1, 0.15) is 18.0 Å². The summed E-state index contributed by atoms with van der Waals surface area (Å²) in [5, 5.41) is 0. The van der Waals surface area contributed by atoms with Crippen LogP contribution < -0.4 is 5.73 Å². The Labute approximate surface area is 102 Å². The first-order valence-corrected chi connectivity index (χ1v) is 6.04. The number of hydrogen-bond donors (Lipinski definition) is 1. The minimum absolute atomic E-state index is 0.0417. The van der Waals surface area contributed by atoms with Crippen LogP contribution in [0, 0.1) is 15.3 Å². The second-order valence-electron chi connectivity index (χ2n) is 3.82. The minimum atomic E-state index is -0.210. The van der Waals surface area contributed by atoms with Gasteiger partial charge in [-0.05, 0) is 46.7 Å². The second kappa shape index (κ2) is 4.76. The quantitative estimate of drug-likeness (QED) is 0.850. The van der Waals surface area contributed by atoms with E-state index in [1.54, 1.807) is 6.07 Å². The lowest BCUT2D eigenvalue weighted by atomic mass is 9.93. The predicted octanol–water partition coefficient (Wildman–Crippen LogP) is 2.47. The fourth-order valence-electron chi connectivity index (χ4n) is 1.86. The molecule has 2 atom stereocenters. The van der Waals surface area contributed by atoms with Gasteiger partial charge < -0.3 is 10.5 Å². The first-order chi connectivity index (χ1) is 7.18. The van der Waals surface area contributed by atoms with Gasteiger partial charge in [0, 0.05) is 22.1 Å². The average Bonchev–Trinajstić information content (AvgIpc) is 2.69. The lowest BCUT2D eigenvalue weighted by molar-refractivity contribution is 0.181. The molecule has 1 aliphatic heterocycles. The van der Waals surface area contributed by atoms with E-state index in [9.17, 15) is 4.39 Å². The summed E-state index contributed by atoms with van der Waals surface area (Å²) in [7, 11) is 0. The van der Waals surface area contributed by atoms with E-state index >= 15 is 0 Å². The Balaban J connectivity index is 2.20. The van der Waals surface area contributed by atoms with Crippen molar-refractivity contribution in [1.82, 2.24) is 0 Å². The van der Waals surface area contributed by atoms with E-state index < -0.39 is 0 Å². The van der Waals surface area contributed by atoms with Gasteiger partial charge in [-0.25, -0.2) is 4.39 Å². The summed E-state index contributed by atoms with van der Waals surface area (Å²) in [5.41, 5.74) is 7.16. The van der Waals surface area contributed by atoms with E-state index in [4.69, 9.17) is 10.5 Å². The maximum absolute atomic E-state index is 12.9. The topological polar surface area (TPSA) is 35.2 Å². The fraction of sp³-hybridized carbons (Fsp3) is 0.455. The Hall–Kier alpha value is -0.200. The summed E-state index contributed by atoms with van der Waals surface area (Å²) in [6.07, 6.45) is 0.995. The van der Waals surface area contributed by atoms with Gasteiger partial charge >= 0.3 is 0 Å². The molecule has 2 unspecified atom stereocenters. The number of benzene rings is 1. The van der Waals surface area contributed by atoms with Gasteiger partial charge in [0.05, 0.1) is 6.61 Å². The van der Waals surface area contributed by atoms with Crippen molar-refractivity contribution in [1.29, 1.82) is 0 Å². The molecule has 1 heterocycles. The van der Waals surface area contributed by atoms with E-state index in [0.717, 1.165) is 22.2 Å². The molecule has 4 heteroatoms. The van der Waals surface area contributed by atoms with Crippen molar-refractivity contribution in [2.75, 3.05) is 13.2 Å². The monoisotopic (exact) mass is 321 g/mol. The molecule has 2 nitrogen and oxygen atoms in total. The largest absolute Gasteiger partial charge is 0.381 e. The molecule has 15 heavy (non-hydrogen) atoms. The third kappa shape index (κ3) is 2.49. The standard InChI is InChI=1S/C11H13FINO/c12-8-1-2-9(10(13)5-8)11(14)7-3-4-15-6-7/h1-2,5,7,11H,3-4,6,14H2. The lowest BCUT2D eigenvalue weighted by Crippen LogP contribution is -2.22. The Morgan fingerprint density at radius 2 is 2.33 bits per heavy atom. The molecule has 0 aliphatic carbocycles. The van der Waals surface area contributed by atoms with Crippen LogP contribution in [0.3, 0.4) is 0 Å². The SMILES string of the molecule is NC(c1ccc(F)cc1I)C1CCOC1. The molecule has 0 bridgehead atoms. The molecule has 0 aromatic heterocycles. The average molecular weight is 321 g/mol. The Bertz CT molecular complexity index is 352. The smallest absolute Gasteiger partial charge is 0.124 e. The molecular weight excluding hydrogens is 308 g/mol. The Morgan fingerprint density at radius 1 is 1.53 bits per heavy atom. The van der Waals surface area contributed by atoms with Crippen molar-refractivity contribution >= 4 is 22.6 Å². The molecule has 0 saturated carbocycles. The molecule has 1 fully saturated rings. The van der Waals surface area contributed by atoms with Crippen molar-refractivity contribution in [2.24, 2.45) is 11.7 Å². The van der Waals surface area contributed by atoms with Crippen molar-refractivity contribution in [3.8, 4) is 0 Å².